The van der Waals surface area contributed by atoms with Gasteiger partial charge in [0.2, 0.25) is 0 Å². The average Bonchev–Trinajstić information content (AvgIpc) is 2.72. The van der Waals surface area contributed by atoms with Crippen molar-refractivity contribution >= 4 is 20.9 Å². The molecule has 2 aromatic carbocycles. The van der Waals surface area contributed by atoms with Crippen molar-refractivity contribution in [1.82, 2.24) is 0 Å². The summed E-state index contributed by atoms with van der Waals surface area (Å²) in [6.45, 7) is 1.16. The Morgan fingerprint density at radius 1 is 1.09 bits per heavy atom. The van der Waals surface area contributed by atoms with E-state index in [9.17, 15) is 43.5 Å². The Labute approximate surface area is 194 Å². The van der Waals surface area contributed by atoms with E-state index < -0.39 is 71.5 Å². The molecule has 3 rings (SSSR count). The van der Waals surface area contributed by atoms with E-state index in [2.05, 4.69) is 0 Å². The van der Waals surface area contributed by atoms with Crippen LogP contribution in [-0.4, -0.2) is 28.5 Å². The van der Waals surface area contributed by atoms with Crippen LogP contribution in [0.4, 0.5) is 26.3 Å². The fourth-order valence-corrected chi connectivity index (χ4v) is 6.20. The van der Waals surface area contributed by atoms with Crippen molar-refractivity contribution in [3.05, 3.63) is 64.7 Å². The molecule has 188 valence electrons. The predicted molar refractivity (Wildman–Crippen MR) is 109 cm³/mol. The second-order valence-electron chi connectivity index (χ2n) is 8.15. The lowest BCUT2D eigenvalue weighted by atomic mass is 9.91. The average molecular weight is 530 g/mol. The van der Waals surface area contributed by atoms with E-state index in [4.69, 9.17) is 4.74 Å². The van der Waals surface area contributed by atoms with Crippen LogP contribution in [-0.2, 0) is 43.8 Å². The van der Waals surface area contributed by atoms with Gasteiger partial charge in [-0.05, 0) is 55.2 Å². The first-order chi connectivity index (χ1) is 15.5. The number of sulfone groups is 1. The third-order valence-corrected chi connectivity index (χ3v) is 8.86. The zero-order chi connectivity index (χ0) is 25.5. The molecule has 0 saturated carbocycles. The fraction of sp³-hybridized carbons (Fsp3) is 0.429. The minimum Gasteiger partial charge on any atom is -0.772 e. The monoisotopic (exact) mass is 529 g/mol. The van der Waals surface area contributed by atoms with Crippen LogP contribution in [0.1, 0.15) is 48.1 Å². The van der Waals surface area contributed by atoms with Crippen LogP contribution in [0.5, 0.6) is 0 Å². The van der Waals surface area contributed by atoms with Crippen molar-refractivity contribution in [3.8, 4) is 0 Å². The molecule has 5 nitrogen and oxygen atoms in total. The molecule has 0 amide bonds. The molecule has 0 spiro atoms. The summed E-state index contributed by atoms with van der Waals surface area (Å²) in [6.07, 6.45) is -11.1. The summed E-state index contributed by atoms with van der Waals surface area (Å²) in [7, 11) is -4.33. The molecule has 0 aliphatic carbocycles. The van der Waals surface area contributed by atoms with Gasteiger partial charge in [0, 0.05) is 12.4 Å². The maximum atomic E-state index is 13.5. The van der Waals surface area contributed by atoms with Crippen LogP contribution >= 0.6 is 0 Å². The summed E-state index contributed by atoms with van der Waals surface area (Å²) >= 11 is -2.77. The quantitative estimate of drug-likeness (QED) is 0.394. The van der Waals surface area contributed by atoms with Crippen LogP contribution in [0.15, 0.2) is 47.4 Å². The fourth-order valence-electron chi connectivity index (χ4n) is 3.86. The molecule has 13 heteroatoms. The number of halogens is 6. The van der Waals surface area contributed by atoms with Crippen molar-refractivity contribution in [2.24, 2.45) is 0 Å². The highest BCUT2D eigenvalue weighted by atomic mass is 32.2. The molecular weight excluding hydrogens is 510 g/mol. The zero-order valence-corrected chi connectivity index (χ0v) is 19.2. The highest BCUT2D eigenvalue weighted by molar-refractivity contribution is 7.92. The Balaban J connectivity index is 1.98. The van der Waals surface area contributed by atoms with Crippen LogP contribution in [0.3, 0.4) is 0 Å². The third kappa shape index (κ3) is 5.47. The number of benzene rings is 2. The molecule has 0 radical (unpaired) electrons. The standard InChI is InChI=1S/C21H20F6O5S2/c1-19(34(30,31)16-4-2-3-15(10-16)20(22,23)24)7-8-32-18(11-19)13-5-6-14(12-33(28)29)17(9-13)21(25,26)27/h2-6,9-10,18H,7-8,11-12H2,1H3,(H,28,29)/p-1. The molecule has 1 aliphatic rings. The van der Waals surface area contributed by atoms with Crippen molar-refractivity contribution in [3.63, 3.8) is 0 Å². The van der Waals surface area contributed by atoms with Gasteiger partial charge in [-0.3, -0.25) is 4.21 Å². The lowest BCUT2D eigenvalue weighted by molar-refractivity contribution is -0.138. The SMILES string of the molecule is CC1(S(=O)(=O)c2cccc(C(F)(F)F)c2)CCOC(c2ccc(CS(=O)[O-])c(C(F)(F)F)c2)C1. The highest BCUT2D eigenvalue weighted by Gasteiger charge is 2.46. The van der Waals surface area contributed by atoms with Crippen molar-refractivity contribution in [1.29, 1.82) is 0 Å². The molecule has 3 unspecified atom stereocenters. The molecule has 1 aliphatic heterocycles. The second-order valence-corrected chi connectivity index (χ2v) is 11.5. The third-order valence-electron chi connectivity index (χ3n) is 5.77. The Morgan fingerprint density at radius 3 is 2.35 bits per heavy atom. The number of alkyl halides is 6. The first-order valence-corrected chi connectivity index (χ1v) is 12.6. The van der Waals surface area contributed by atoms with Crippen molar-refractivity contribution in [2.45, 2.75) is 53.6 Å². The van der Waals surface area contributed by atoms with E-state index in [1.165, 1.54) is 13.0 Å². The van der Waals surface area contributed by atoms with Gasteiger partial charge in [-0.15, -0.1) is 0 Å². The van der Waals surface area contributed by atoms with E-state index in [0.29, 0.717) is 6.07 Å². The van der Waals surface area contributed by atoms with Crippen molar-refractivity contribution in [2.75, 3.05) is 6.61 Å². The van der Waals surface area contributed by atoms with Crippen LogP contribution in [0.25, 0.3) is 0 Å². The Kier molecular flexibility index (Phi) is 7.25. The van der Waals surface area contributed by atoms with Crippen LogP contribution in [0.2, 0.25) is 0 Å². The van der Waals surface area contributed by atoms with Crippen LogP contribution < -0.4 is 0 Å². The van der Waals surface area contributed by atoms with E-state index in [1.807, 2.05) is 0 Å². The minimum atomic E-state index is -4.87. The number of hydrogen-bond donors (Lipinski definition) is 0. The largest absolute Gasteiger partial charge is 0.772 e. The summed E-state index contributed by atoms with van der Waals surface area (Å²) in [5.41, 5.74) is -2.81. The number of rotatable bonds is 5. The molecule has 1 saturated heterocycles. The van der Waals surface area contributed by atoms with Gasteiger partial charge < -0.3 is 9.29 Å². The molecule has 0 N–H and O–H groups in total. The Hall–Kier alpha value is -1.96. The van der Waals surface area contributed by atoms with Gasteiger partial charge in [-0.1, -0.05) is 29.3 Å². The lowest BCUT2D eigenvalue weighted by Crippen LogP contribution is -2.42. The lowest BCUT2D eigenvalue weighted by Gasteiger charge is -2.38. The molecule has 1 heterocycles. The molecule has 0 aromatic heterocycles. The molecule has 2 aromatic rings. The van der Waals surface area contributed by atoms with E-state index >= 15 is 0 Å². The van der Waals surface area contributed by atoms with Gasteiger partial charge >= 0.3 is 12.4 Å². The topological polar surface area (TPSA) is 83.5 Å². The maximum Gasteiger partial charge on any atom is 0.416 e. The van der Waals surface area contributed by atoms with E-state index in [0.717, 1.165) is 30.3 Å². The Morgan fingerprint density at radius 2 is 1.76 bits per heavy atom. The van der Waals surface area contributed by atoms with Gasteiger partial charge in [0.15, 0.2) is 9.84 Å². The van der Waals surface area contributed by atoms with Crippen molar-refractivity contribution < 1.29 is 48.3 Å². The summed E-state index contributed by atoms with van der Waals surface area (Å²) in [5, 5.41) is 0. The molecule has 0 bridgehead atoms. The van der Waals surface area contributed by atoms with E-state index in [-0.39, 0.29) is 25.0 Å². The molecule has 1 fully saturated rings. The normalized spacial score (nSPS) is 23.0. The highest BCUT2D eigenvalue weighted by Crippen LogP contribution is 2.44. The van der Waals surface area contributed by atoms with Crippen LogP contribution in [0, 0.1) is 0 Å². The summed E-state index contributed by atoms with van der Waals surface area (Å²) < 4.78 is 132. The predicted octanol–water partition coefficient (Wildman–Crippen LogP) is 5.19. The maximum absolute atomic E-state index is 13.5. The van der Waals surface area contributed by atoms with Gasteiger partial charge in [0.1, 0.15) is 0 Å². The van der Waals surface area contributed by atoms with Gasteiger partial charge in [0.05, 0.1) is 26.9 Å². The second kappa shape index (κ2) is 9.25. The molecule has 3 atom stereocenters. The molecular formula is C21H19F6O5S2-. The van der Waals surface area contributed by atoms with Gasteiger partial charge in [0.25, 0.3) is 0 Å². The number of hydrogen-bond acceptors (Lipinski definition) is 5. The smallest absolute Gasteiger partial charge is 0.416 e. The first kappa shape index (κ1) is 26.6. The number of ether oxygens (including phenoxy) is 1. The summed E-state index contributed by atoms with van der Waals surface area (Å²) in [6, 6.07) is 6.22. The Bertz CT molecular complexity index is 1190. The summed E-state index contributed by atoms with van der Waals surface area (Å²) in [5.74, 6) is -0.859. The molecule has 34 heavy (non-hydrogen) atoms. The van der Waals surface area contributed by atoms with E-state index in [1.54, 1.807) is 0 Å². The zero-order valence-electron chi connectivity index (χ0n) is 17.6. The van der Waals surface area contributed by atoms with Gasteiger partial charge in [-0.25, -0.2) is 8.42 Å². The first-order valence-electron chi connectivity index (χ1n) is 9.84. The summed E-state index contributed by atoms with van der Waals surface area (Å²) in [4.78, 5) is -0.547. The van der Waals surface area contributed by atoms with Gasteiger partial charge in [-0.2, -0.15) is 26.3 Å². The minimum absolute atomic E-state index is 0.0158.